The highest BCUT2D eigenvalue weighted by Crippen LogP contribution is 2.28. The van der Waals surface area contributed by atoms with Gasteiger partial charge in [-0.1, -0.05) is 20.8 Å². The van der Waals surface area contributed by atoms with E-state index in [0.29, 0.717) is 0 Å². The molecule has 0 aromatic heterocycles. The number of aliphatic hydroxyl groups is 1. The first kappa shape index (κ1) is 10.4. The monoisotopic (exact) mass is 160 g/mol. The fourth-order valence-electron chi connectivity index (χ4n) is 1.30. The highest BCUT2D eigenvalue weighted by molar-refractivity contribution is 5.71. The third-order valence-electron chi connectivity index (χ3n) is 1.68. The van der Waals surface area contributed by atoms with Crippen LogP contribution in [0.4, 0.5) is 0 Å². The number of rotatable bonds is 2. The van der Waals surface area contributed by atoms with E-state index in [2.05, 4.69) is 0 Å². The summed E-state index contributed by atoms with van der Waals surface area (Å²) in [4.78, 5) is 10.6. The average molecular weight is 160 g/mol. The van der Waals surface area contributed by atoms with E-state index in [1.807, 2.05) is 0 Å². The summed E-state index contributed by atoms with van der Waals surface area (Å²) in [6.45, 7) is 6.92. The molecule has 2 N–H and O–H groups in total. The maximum atomic E-state index is 10.6. The minimum atomic E-state index is -0.938. The number of hydrogen-bond acceptors (Lipinski definition) is 2. The van der Waals surface area contributed by atoms with Gasteiger partial charge >= 0.3 is 5.97 Å². The molecular weight excluding hydrogens is 144 g/mol. The third kappa shape index (κ3) is 2.89. The molecule has 0 aliphatic heterocycles. The fourth-order valence-corrected chi connectivity index (χ4v) is 1.30. The van der Waals surface area contributed by atoms with Crippen molar-refractivity contribution in [2.75, 3.05) is 0 Å². The maximum Gasteiger partial charge on any atom is 0.309 e. The smallest absolute Gasteiger partial charge is 0.309 e. The summed E-state index contributed by atoms with van der Waals surface area (Å²) in [7, 11) is 0. The highest BCUT2D eigenvalue weighted by Gasteiger charge is 2.34. The lowest BCUT2D eigenvalue weighted by molar-refractivity contribution is -0.150. The summed E-state index contributed by atoms with van der Waals surface area (Å²) in [5, 5.41) is 17.9. The molecule has 0 bridgehead atoms. The van der Waals surface area contributed by atoms with E-state index in [9.17, 15) is 4.79 Å². The maximum absolute atomic E-state index is 10.6. The van der Waals surface area contributed by atoms with Crippen molar-refractivity contribution in [2.45, 2.75) is 33.8 Å². The van der Waals surface area contributed by atoms with Crippen molar-refractivity contribution in [1.29, 1.82) is 0 Å². The van der Waals surface area contributed by atoms with Crippen molar-refractivity contribution < 1.29 is 15.0 Å². The Kier molecular flexibility index (Phi) is 3.05. The number of carboxylic acids is 1. The second kappa shape index (κ2) is 3.22. The van der Waals surface area contributed by atoms with E-state index in [-0.39, 0.29) is 5.41 Å². The molecule has 0 rings (SSSR count). The van der Waals surface area contributed by atoms with Gasteiger partial charge in [0, 0.05) is 0 Å². The summed E-state index contributed by atoms with van der Waals surface area (Å²) in [6, 6.07) is 0. The fraction of sp³-hybridized carbons (Fsp3) is 0.875. The normalized spacial score (nSPS) is 17.5. The zero-order valence-electron chi connectivity index (χ0n) is 7.46. The molecule has 2 atom stereocenters. The number of aliphatic carboxylic acids is 1. The Balaban J connectivity index is 4.49. The van der Waals surface area contributed by atoms with Gasteiger partial charge in [-0.2, -0.15) is 0 Å². The zero-order chi connectivity index (χ0) is 9.23. The third-order valence-corrected chi connectivity index (χ3v) is 1.68. The van der Waals surface area contributed by atoms with Crippen LogP contribution >= 0.6 is 0 Å². The van der Waals surface area contributed by atoms with E-state index in [4.69, 9.17) is 10.2 Å². The lowest BCUT2D eigenvalue weighted by Gasteiger charge is -2.28. The largest absolute Gasteiger partial charge is 0.481 e. The Labute approximate surface area is 67.0 Å². The predicted molar refractivity (Wildman–Crippen MR) is 42.3 cm³/mol. The van der Waals surface area contributed by atoms with Gasteiger partial charge in [0.05, 0.1) is 12.0 Å². The van der Waals surface area contributed by atoms with Gasteiger partial charge in [0.25, 0.3) is 0 Å². The van der Waals surface area contributed by atoms with Gasteiger partial charge in [-0.3, -0.25) is 4.79 Å². The molecular formula is C8H16O3. The minimum absolute atomic E-state index is 0.389. The summed E-state index contributed by atoms with van der Waals surface area (Å²) in [5.74, 6) is -1.63. The van der Waals surface area contributed by atoms with Gasteiger partial charge in [-0.15, -0.1) is 0 Å². The molecule has 66 valence electrons. The molecule has 0 saturated heterocycles. The van der Waals surface area contributed by atoms with Crippen molar-refractivity contribution in [2.24, 2.45) is 11.3 Å². The molecule has 11 heavy (non-hydrogen) atoms. The average Bonchev–Trinajstić information content (AvgIpc) is 1.54. The van der Waals surface area contributed by atoms with Gasteiger partial charge in [0.1, 0.15) is 0 Å². The second-order valence-electron chi connectivity index (χ2n) is 3.92. The zero-order valence-corrected chi connectivity index (χ0v) is 7.46. The van der Waals surface area contributed by atoms with E-state index < -0.39 is 18.0 Å². The molecule has 3 nitrogen and oxygen atoms in total. The summed E-state index contributed by atoms with van der Waals surface area (Å²) >= 11 is 0. The Morgan fingerprint density at radius 1 is 1.36 bits per heavy atom. The van der Waals surface area contributed by atoms with Crippen LogP contribution in [-0.4, -0.2) is 22.3 Å². The van der Waals surface area contributed by atoms with Gasteiger partial charge in [0.2, 0.25) is 0 Å². The summed E-state index contributed by atoms with van der Waals surface area (Å²) in [5.41, 5.74) is -0.389. The number of hydrogen-bond donors (Lipinski definition) is 2. The van der Waals surface area contributed by atoms with Crippen LogP contribution < -0.4 is 0 Å². The van der Waals surface area contributed by atoms with Gasteiger partial charge in [-0.25, -0.2) is 0 Å². The minimum Gasteiger partial charge on any atom is -0.481 e. The quantitative estimate of drug-likeness (QED) is 0.636. The van der Waals surface area contributed by atoms with Gasteiger partial charge in [0.15, 0.2) is 0 Å². The van der Waals surface area contributed by atoms with E-state index in [1.54, 1.807) is 20.8 Å². The van der Waals surface area contributed by atoms with E-state index in [0.717, 1.165) is 0 Å². The Morgan fingerprint density at radius 3 is 1.73 bits per heavy atom. The van der Waals surface area contributed by atoms with Gasteiger partial charge in [-0.05, 0) is 12.3 Å². The molecule has 0 aromatic rings. The summed E-state index contributed by atoms with van der Waals surface area (Å²) < 4.78 is 0. The van der Waals surface area contributed by atoms with Crippen LogP contribution in [0.1, 0.15) is 27.7 Å². The molecule has 0 aromatic carbocycles. The van der Waals surface area contributed by atoms with Crippen molar-refractivity contribution in [3.63, 3.8) is 0 Å². The lowest BCUT2D eigenvalue weighted by Crippen LogP contribution is -2.36. The number of carboxylic acid groups (broad SMARTS) is 1. The SMILES string of the molecule is CC(O)[C@@H](C(=O)O)C(C)(C)C. The number of carbonyl (C=O) groups is 1. The van der Waals surface area contributed by atoms with Crippen molar-refractivity contribution in [3.8, 4) is 0 Å². The Bertz CT molecular complexity index is 144. The molecule has 0 fully saturated rings. The van der Waals surface area contributed by atoms with E-state index in [1.165, 1.54) is 6.92 Å². The van der Waals surface area contributed by atoms with Crippen molar-refractivity contribution in [3.05, 3.63) is 0 Å². The van der Waals surface area contributed by atoms with Crippen LogP contribution in [0.5, 0.6) is 0 Å². The molecule has 1 unspecified atom stereocenters. The van der Waals surface area contributed by atoms with Crippen LogP contribution in [0, 0.1) is 11.3 Å². The molecule has 0 aliphatic carbocycles. The van der Waals surface area contributed by atoms with Crippen molar-refractivity contribution >= 4 is 5.97 Å². The topological polar surface area (TPSA) is 57.5 Å². The Hall–Kier alpha value is -0.570. The summed E-state index contributed by atoms with van der Waals surface area (Å²) in [6.07, 6.45) is -0.799. The first-order valence-electron chi connectivity index (χ1n) is 3.67. The predicted octanol–water partition coefficient (Wildman–Crippen LogP) is 1.11. The van der Waals surface area contributed by atoms with E-state index >= 15 is 0 Å². The molecule has 0 spiro atoms. The molecule has 0 heterocycles. The van der Waals surface area contributed by atoms with Crippen LogP contribution in [-0.2, 0) is 4.79 Å². The first-order valence-corrected chi connectivity index (χ1v) is 3.67. The first-order chi connectivity index (χ1) is 4.76. The molecule has 0 aliphatic rings. The lowest BCUT2D eigenvalue weighted by atomic mass is 9.78. The van der Waals surface area contributed by atoms with Crippen LogP contribution in [0.15, 0.2) is 0 Å². The van der Waals surface area contributed by atoms with Crippen LogP contribution in [0.3, 0.4) is 0 Å². The highest BCUT2D eigenvalue weighted by atomic mass is 16.4. The second-order valence-corrected chi connectivity index (χ2v) is 3.92. The standard InChI is InChI=1S/C8H16O3/c1-5(9)6(7(10)11)8(2,3)4/h5-6,9H,1-4H3,(H,10,11)/t5?,6-/m0/s1. The molecule has 0 radical (unpaired) electrons. The molecule has 3 heteroatoms. The van der Waals surface area contributed by atoms with Gasteiger partial charge < -0.3 is 10.2 Å². The Morgan fingerprint density at radius 2 is 1.73 bits per heavy atom. The number of aliphatic hydroxyl groups excluding tert-OH is 1. The van der Waals surface area contributed by atoms with Crippen molar-refractivity contribution in [1.82, 2.24) is 0 Å². The molecule has 0 amide bonds. The van der Waals surface area contributed by atoms with Crippen LogP contribution in [0.25, 0.3) is 0 Å². The molecule has 0 saturated carbocycles. The van der Waals surface area contributed by atoms with Crippen LogP contribution in [0.2, 0.25) is 0 Å².